The van der Waals surface area contributed by atoms with Gasteiger partial charge < -0.3 is 10.6 Å². The van der Waals surface area contributed by atoms with Crippen LogP contribution in [0.4, 0.5) is 5.82 Å². The summed E-state index contributed by atoms with van der Waals surface area (Å²) in [5.41, 5.74) is 4.79. The number of aryl methyl sites for hydroxylation is 1. The first kappa shape index (κ1) is 24.0. The highest BCUT2D eigenvalue weighted by Gasteiger charge is 2.13. The monoisotopic (exact) mass is 541 g/mol. The maximum atomic E-state index is 12.6. The molecule has 3 aromatic carbocycles. The number of amides is 1. The van der Waals surface area contributed by atoms with E-state index in [1.54, 1.807) is 6.20 Å². The fourth-order valence-corrected chi connectivity index (χ4v) is 4.73. The maximum Gasteiger partial charge on any atom is 0.251 e. The van der Waals surface area contributed by atoms with Crippen LogP contribution in [0.15, 0.2) is 83.5 Å². The molecule has 0 saturated heterocycles. The number of aromatic nitrogens is 3. The van der Waals surface area contributed by atoms with Crippen LogP contribution in [-0.4, -0.2) is 33.6 Å². The van der Waals surface area contributed by atoms with Gasteiger partial charge in [0.1, 0.15) is 5.82 Å². The molecule has 0 radical (unpaired) electrons. The normalized spacial score (nSPS) is 11.2. The molecule has 0 aliphatic heterocycles. The Kier molecular flexibility index (Phi) is 7.28. The van der Waals surface area contributed by atoms with E-state index in [0.717, 1.165) is 63.8 Å². The van der Waals surface area contributed by atoms with Crippen LogP contribution >= 0.6 is 15.9 Å². The van der Waals surface area contributed by atoms with Crippen molar-refractivity contribution in [1.29, 1.82) is 0 Å². The average molecular weight is 542 g/mol. The third kappa shape index (κ3) is 5.11. The molecule has 5 aromatic rings. The number of rotatable bonds is 9. The molecule has 6 nitrogen and oxygen atoms in total. The Morgan fingerprint density at radius 3 is 2.58 bits per heavy atom. The summed E-state index contributed by atoms with van der Waals surface area (Å²) in [5.74, 6) is 0.858. The van der Waals surface area contributed by atoms with Crippen molar-refractivity contribution in [2.24, 2.45) is 0 Å². The van der Waals surface area contributed by atoms with Gasteiger partial charge in [-0.25, -0.2) is 4.98 Å². The van der Waals surface area contributed by atoms with E-state index in [4.69, 9.17) is 4.98 Å². The smallest absolute Gasteiger partial charge is 0.251 e. The molecule has 2 N–H and O–H groups in total. The standard InChI is InChI=1S/C29H28BrN5O/c1-2-20-9-5-6-12-24(20)26-18-27(35-28(34-26)25(30)19-33-35)31-15-7-8-16-32-29(36)23-14-13-21-10-3-4-11-22(21)17-23/h3-6,9-14,17-19,31H,2,7-8,15-16H2,1H3,(H,32,36). The van der Waals surface area contributed by atoms with Gasteiger partial charge in [-0.1, -0.05) is 61.5 Å². The Labute approximate surface area is 218 Å². The van der Waals surface area contributed by atoms with Crippen molar-refractivity contribution in [2.45, 2.75) is 26.2 Å². The van der Waals surface area contributed by atoms with E-state index < -0.39 is 0 Å². The highest BCUT2D eigenvalue weighted by molar-refractivity contribution is 9.10. The lowest BCUT2D eigenvalue weighted by Gasteiger charge is -2.13. The van der Waals surface area contributed by atoms with E-state index in [9.17, 15) is 4.79 Å². The van der Waals surface area contributed by atoms with Crippen LogP contribution in [0.3, 0.4) is 0 Å². The Balaban J connectivity index is 1.20. The predicted molar refractivity (Wildman–Crippen MR) is 150 cm³/mol. The number of nitrogens with one attached hydrogen (secondary N) is 2. The van der Waals surface area contributed by atoms with Crippen LogP contribution in [-0.2, 0) is 6.42 Å². The molecule has 7 heteroatoms. The molecular formula is C29H28BrN5O. The van der Waals surface area contributed by atoms with Crippen LogP contribution < -0.4 is 10.6 Å². The van der Waals surface area contributed by atoms with Crippen molar-refractivity contribution >= 4 is 44.1 Å². The van der Waals surface area contributed by atoms with E-state index in [1.807, 2.05) is 53.0 Å². The van der Waals surface area contributed by atoms with Gasteiger partial charge in [-0.15, -0.1) is 0 Å². The summed E-state index contributed by atoms with van der Waals surface area (Å²) >= 11 is 3.58. The number of carbonyl (C=O) groups is 1. The zero-order valence-corrected chi connectivity index (χ0v) is 21.8. The molecule has 0 spiro atoms. The lowest BCUT2D eigenvalue weighted by atomic mass is 10.0. The van der Waals surface area contributed by atoms with Gasteiger partial charge >= 0.3 is 0 Å². The first-order chi connectivity index (χ1) is 17.6. The fourth-order valence-electron chi connectivity index (χ4n) is 4.38. The molecule has 0 saturated carbocycles. The molecule has 182 valence electrons. The summed E-state index contributed by atoms with van der Waals surface area (Å²) in [6.07, 6.45) is 4.49. The number of anilines is 1. The minimum atomic E-state index is -0.0369. The van der Waals surface area contributed by atoms with Crippen molar-refractivity contribution in [1.82, 2.24) is 19.9 Å². The molecule has 5 rings (SSSR count). The molecular weight excluding hydrogens is 514 g/mol. The van der Waals surface area contributed by atoms with E-state index in [-0.39, 0.29) is 5.91 Å². The molecule has 1 amide bonds. The lowest BCUT2D eigenvalue weighted by Crippen LogP contribution is -2.24. The Morgan fingerprint density at radius 1 is 0.944 bits per heavy atom. The average Bonchev–Trinajstić information content (AvgIpc) is 3.30. The number of hydrogen-bond donors (Lipinski definition) is 2. The van der Waals surface area contributed by atoms with Crippen LogP contribution in [0.2, 0.25) is 0 Å². The van der Waals surface area contributed by atoms with Crippen molar-refractivity contribution in [3.05, 3.63) is 94.6 Å². The number of fused-ring (bicyclic) bond motifs is 2. The van der Waals surface area contributed by atoms with Crippen LogP contribution in [0.25, 0.3) is 27.7 Å². The number of halogens is 1. The molecule has 2 heterocycles. The van der Waals surface area contributed by atoms with Crippen LogP contribution in [0.5, 0.6) is 0 Å². The van der Waals surface area contributed by atoms with Gasteiger partial charge in [-0.05, 0) is 63.7 Å². The van der Waals surface area contributed by atoms with Gasteiger partial charge in [0.15, 0.2) is 5.65 Å². The summed E-state index contributed by atoms with van der Waals surface area (Å²) < 4.78 is 2.68. The molecule has 0 fully saturated rings. The van der Waals surface area contributed by atoms with Crippen molar-refractivity contribution in [3.63, 3.8) is 0 Å². The number of unbranched alkanes of at least 4 members (excludes halogenated alkanes) is 1. The second kappa shape index (κ2) is 10.9. The second-order valence-electron chi connectivity index (χ2n) is 8.72. The molecule has 0 atom stereocenters. The molecule has 0 bridgehead atoms. The summed E-state index contributed by atoms with van der Waals surface area (Å²) in [6, 6.07) is 24.3. The summed E-state index contributed by atoms with van der Waals surface area (Å²) in [7, 11) is 0. The number of benzene rings is 3. The third-order valence-electron chi connectivity index (χ3n) is 6.31. The Morgan fingerprint density at radius 2 is 1.72 bits per heavy atom. The maximum absolute atomic E-state index is 12.6. The predicted octanol–water partition coefficient (Wildman–Crippen LogP) is 6.50. The second-order valence-corrected chi connectivity index (χ2v) is 9.57. The molecule has 36 heavy (non-hydrogen) atoms. The summed E-state index contributed by atoms with van der Waals surface area (Å²) in [4.78, 5) is 17.4. The quantitative estimate of drug-likeness (QED) is 0.209. The third-order valence-corrected chi connectivity index (χ3v) is 6.87. The van der Waals surface area contributed by atoms with Crippen LogP contribution in [0, 0.1) is 0 Å². The fraction of sp³-hybridized carbons (Fsp3) is 0.207. The topological polar surface area (TPSA) is 71.3 Å². The number of hydrogen-bond acceptors (Lipinski definition) is 4. The molecule has 2 aromatic heterocycles. The van der Waals surface area contributed by atoms with E-state index in [0.29, 0.717) is 12.1 Å². The first-order valence-electron chi connectivity index (χ1n) is 12.3. The summed E-state index contributed by atoms with van der Waals surface area (Å²) in [6.45, 7) is 3.54. The molecule has 0 aliphatic rings. The lowest BCUT2D eigenvalue weighted by molar-refractivity contribution is 0.0953. The molecule has 0 unspecified atom stereocenters. The van der Waals surface area contributed by atoms with Gasteiger partial charge in [0, 0.05) is 30.3 Å². The SMILES string of the molecule is CCc1ccccc1-c1cc(NCCCCNC(=O)c2ccc3ccccc3c2)n2ncc(Br)c2n1. The minimum Gasteiger partial charge on any atom is -0.370 e. The first-order valence-corrected chi connectivity index (χ1v) is 13.1. The van der Waals surface area contributed by atoms with Gasteiger partial charge in [-0.2, -0.15) is 9.61 Å². The van der Waals surface area contributed by atoms with E-state index >= 15 is 0 Å². The highest BCUT2D eigenvalue weighted by Crippen LogP contribution is 2.28. The number of carbonyl (C=O) groups excluding carboxylic acids is 1. The molecule has 0 aliphatic carbocycles. The highest BCUT2D eigenvalue weighted by atomic mass is 79.9. The Hall–Kier alpha value is -3.71. The zero-order chi connectivity index (χ0) is 24.9. The van der Waals surface area contributed by atoms with Gasteiger partial charge in [-0.3, -0.25) is 4.79 Å². The van der Waals surface area contributed by atoms with Crippen LogP contribution in [0.1, 0.15) is 35.7 Å². The zero-order valence-electron chi connectivity index (χ0n) is 20.2. The van der Waals surface area contributed by atoms with Gasteiger partial charge in [0.25, 0.3) is 5.91 Å². The Bertz CT molecular complexity index is 1530. The van der Waals surface area contributed by atoms with Crippen molar-refractivity contribution in [3.8, 4) is 11.3 Å². The van der Waals surface area contributed by atoms with E-state index in [2.05, 4.69) is 62.9 Å². The van der Waals surface area contributed by atoms with Crippen molar-refractivity contribution < 1.29 is 4.79 Å². The summed E-state index contributed by atoms with van der Waals surface area (Å²) in [5, 5.41) is 13.2. The van der Waals surface area contributed by atoms with Gasteiger partial charge in [0.2, 0.25) is 0 Å². The van der Waals surface area contributed by atoms with E-state index in [1.165, 1.54) is 5.56 Å². The van der Waals surface area contributed by atoms with Crippen molar-refractivity contribution in [2.75, 3.05) is 18.4 Å². The minimum absolute atomic E-state index is 0.0369. The number of nitrogens with zero attached hydrogens (tertiary/aromatic N) is 3. The largest absolute Gasteiger partial charge is 0.370 e. The van der Waals surface area contributed by atoms with Gasteiger partial charge in [0.05, 0.1) is 16.4 Å².